The average molecular weight is 358 g/mol. The van der Waals surface area contributed by atoms with E-state index in [1.54, 1.807) is 12.1 Å². The second-order valence-corrected chi connectivity index (χ2v) is 7.06. The van der Waals surface area contributed by atoms with Gasteiger partial charge in [-0.2, -0.15) is 0 Å². The summed E-state index contributed by atoms with van der Waals surface area (Å²) in [5.74, 6) is -0.680. The lowest BCUT2D eigenvalue weighted by Gasteiger charge is -2.05. The topological polar surface area (TPSA) is 68.3 Å². The molecule has 0 aliphatic carbocycles. The second-order valence-electron chi connectivity index (χ2n) is 4.81. The Labute approximate surface area is 147 Å². The van der Waals surface area contributed by atoms with Crippen LogP contribution in [0.2, 0.25) is 0 Å². The van der Waals surface area contributed by atoms with Gasteiger partial charge >= 0.3 is 5.97 Å². The third-order valence-electron chi connectivity index (χ3n) is 3.01. The van der Waals surface area contributed by atoms with Gasteiger partial charge in [-0.3, -0.25) is 9.59 Å². The first kappa shape index (κ1) is 16.5. The summed E-state index contributed by atoms with van der Waals surface area (Å²) in [5, 5.41) is 2.66. The van der Waals surface area contributed by atoms with Crippen molar-refractivity contribution >= 4 is 50.9 Å². The molecule has 5 nitrogen and oxygen atoms in total. The fraction of sp³-hybridized carbons (Fsp3) is 0.118. The largest absolute Gasteiger partial charge is 0.455 e. The number of thioether (sulfide) groups is 1. The van der Waals surface area contributed by atoms with E-state index < -0.39 is 5.97 Å². The van der Waals surface area contributed by atoms with Crippen molar-refractivity contribution in [2.45, 2.75) is 4.34 Å². The van der Waals surface area contributed by atoms with Crippen LogP contribution < -0.4 is 5.32 Å². The number of hydrogen-bond donors (Lipinski definition) is 1. The number of amides is 1. The van der Waals surface area contributed by atoms with E-state index in [2.05, 4.69) is 10.3 Å². The molecule has 3 rings (SSSR count). The van der Waals surface area contributed by atoms with Gasteiger partial charge in [-0.1, -0.05) is 42.1 Å². The molecule has 0 atom stereocenters. The number of benzene rings is 2. The normalized spacial score (nSPS) is 10.5. The monoisotopic (exact) mass is 358 g/mol. The quantitative estimate of drug-likeness (QED) is 0.539. The Hall–Kier alpha value is -2.38. The number of nitrogens with one attached hydrogen (secondary N) is 1. The van der Waals surface area contributed by atoms with Crippen molar-refractivity contribution in [3.05, 3.63) is 54.6 Å². The Morgan fingerprint density at radius 1 is 1.08 bits per heavy atom. The molecule has 7 heteroatoms. The number of esters is 1. The maximum absolute atomic E-state index is 11.7. The van der Waals surface area contributed by atoms with Gasteiger partial charge in [0, 0.05) is 5.69 Å². The maximum Gasteiger partial charge on any atom is 0.316 e. The van der Waals surface area contributed by atoms with Crippen LogP contribution in [0.3, 0.4) is 0 Å². The van der Waals surface area contributed by atoms with Crippen molar-refractivity contribution in [1.29, 1.82) is 0 Å². The molecule has 0 unspecified atom stereocenters. The molecule has 0 aliphatic rings. The van der Waals surface area contributed by atoms with Gasteiger partial charge in [-0.05, 0) is 24.3 Å². The SMILES string of the molecule is O=C(COC(=O)CSc1nc2ccccc2s1)Nc1ccccc1. The summed E-state index contributed by atoms with van der Waals surface area (Å²) < 4.78 is 6.86. The second kappa shape index (κ2) is 7.94. The standard InChI is InChI=1S/C17H14N2O3S2/c20-15(18-12-6-2-1-3-7-12)10-22-16(21)11-23-17-19-13-8-4-5-9-14(13)24-17/h1-9H,10-11H2,(H,18,20). The molecule has 1 heterocycles. The minimum Gasteiger partial charge on any atom is -0.455 e. The predicted molar refractivity (Wildman–Crippen MR) is 96.4 cm³/mol. The summed E-state index contributed by atoms with van der Waals surface area (Å²) in [6.45, 7) is -0.297. The number of thiazole rings is 1. The van der Waals surface area contributed by atoms with E-state index in [1.807, 2.05) is 42.5 Å². The summed E-state index contributed by atoms with van der Waals surface area (Å²) in [6.07, 6.45) is 0. The van der Waals surface area contributed by atoms with Crippen molar-refractivity contribution in [3.8, 4) is 0 Å². The summed E-state index contributed by atoms with van der Waals surface area (Å²) in [5.41, 5.74) is 1.59. The van der Waals surface area contributed by atoms with Crippen LogP contribution in [-0.4, -0.2) is 29.2 Å². The van der Waals surface area contributed by atoms with Gasteiger partial charge in [-0.15, -0.1) is 11.3 Å². The molecule has 0 saturated carbocycles. The number of hydrogen-bond acceptors (Lipinski definition) is 6. The van der Waals surface area contributed by atoms with Crippen LogP contribution >= 0.6 is 23.1 Å². The Morgan fingerprint density at radius 2 is 1.83 bits per heavy atom. The molecule has 24 heavy (non-hydrogen) atoms. The smallest absolute Gasteiger partial charge is 0.316 e. The number of anilines is 1. The minimum absolute atomic E-state index is 0.123. The summed E-state index contributed by atoms with van der Waals surface area (Å²) in [7, 11) is 0. The van der Waals surface area contributed by atoms with Crippen LogP contribution in [0.1, 0.15) is 0 Å². The lowest BCUT2D eigenvalue weighted by Crippen LogP contribution is -2.21. The lowest BCUT2D eigenvalue weighted by molar-refractivity contribution is -0.144. The number of para-hydroxylation sites is 2. The molecule has 0 aliphatic heterocycles. The molecule has 0 bridgehead atoms. The Morgan fingerprint density at radius 3 is 2.62 bits per heavy atom. The van der Waals surface area contributed by atoms with E-state index in [9.17, 15) is 9.59 Å². The molecule has 2 aromatic carbocycles. The molecule has 0 fully saturated rings. The first-order valence-electron chi connectivity index (χ1n) is 7.19. The minimum atomic E-state index is -0.442. The van der Waals surface area contributed by atoms with Crippen molar-refractivity contribution < 1.29 is 14.3 Å². The number of nitrogens with zero attached hydrogens (tertiary/aromatic N) is 1. The zero-order valence-corrected chi connectivity index (χ0v) is 14.2. The molecule has 0 radical (unpaired) electrons. The number of ether oxygens (including phenoxy) is 1. The van der Waals surface area contributed by atoms with Crippen molar-refractivity contribution in [3.63, 3.8) is 0 Å². The lowest BCUT2D eigenvalue weighted by atomic mass is 10.3. The first-order valence-corrected chi connectivity index (χ1v) is 9.00. The van der Waals surface area contributed by atoms with Crippen molar-refractivity contribution in [2.24, 2.45) is 0 Å². The molecule has 3 aromatic rings. The molecular weight excluding hydrogens is 344 g/mol. The fourth-order valence-electron chi connectivity index (χ4n) is 1.94. The van der Waals surface area contributed by atoms with Gasteiger partial charge in [0.2, 0.25) is 0 Å². The van der Waals surface area contributed by atoms with Gasteiger partial charge in [0.25, 0.3) is 5.91 Å². The third-order valence-corrected chi connectivity index (χ3v) is 5.16. The predicted octanol–water partition coefficient (Wildman–Crippen LogP) is 3.57. The molecule has 122 valence electrons. The highest BCUT2D eigenvalue weighted by Crippen LogP contribution is 2.29. The summed E-state index contributed by atoms with van der Waals surface area (Å²) in [6, 6.07) is 16.8. The van der Waals surface area contributed by atoms with Crippen molar-refractivity contribution in [2.75, 3.05) is 17.7 Å². The zero-order chi connectivity index (χ0) is 16.8. The third kappa shape index (κ3) is 4.56. The highest BCUT2D eigenvalue weighted by atomic mass is 32.2. The van der Waals surface area contributed by atoms with E-state index in [1.165, 1.54) is 23.1 Å². The fourth-order valence-corrected chi connectivity index (χ4v) is 3.81. The number of carbonyl (C=O) groups is 2. The Kier molecular flexibility index (Phi) is 5.45. The van der Waals surface area contributed by atoms with E-state index in [0.717, 1.165) is 14.6 Å². The molecule has 0 spiro atoms. The zero-order valence-electron chi connectivity index (χ0n) is 12.6. The molecule has 1 aromatic heterocycles. The van der Waals surface area contributed by atoms with Crippen LogP contribution in [0.5, 0.6) is 0 Å². The van der Waals surface area contributed by atoms with E-state index in [-0.39, 0.29) is 18.3 Å². The molecule has 1 N–H and O–H groups in total. The number of fused-ring (bicyclic) bond motifs is 1. The highest BCUT2D eigenvalue weighted by molar-refractivity contribution is 8.01. The van der Waals surface area contributed by atoms with Crippen LogP contribution in [0, 0.1) is 0 Å². The van der Waals surface area contributed by atoms with Gasteiger partial charge in [0.15, 0.2) is 10.9 Å². The van der Waals surface area contributed by atoms with Crippen molar-refractivity contribution in [1.82, 2.24) is 4.98 Å². The summed E-state index contributed by atoms with van der Waals surface area (Å²) in [4.78, 5) is 27.9. The van der Waals surface area contributed by atoms with Gasteiger partial charge < -0.3 is 10.1 Å². The number of aromatic nitrogens is 1. The number of carbonyl (C=O) groups excluding carboxylic acids is 2. The van der Waals surface area contributed by atoms with Crippen LogP contribution in [0.25, 0.3) is 10.2 Å². The van der Waals surface area contributed by atoms with E-state index >= 15 is 0 Å². The highest BCUT2D eigenvalue weighted by Gasteiger charge is 2.10. The molecular formula is C17H14N2O3S2. The first-order chi connectivity index (χ1) is 11.7. The average Bonchev–Trinajstić information content (AvgIpc) is 3.02. The van der Waals surface area contributed by atoms with E-state index in [4.69, 9.17) is 4.74 Å². The van der Waals surface area contributed by atoms with Gasteiger partial charge in [0.05, 0.1) is 16.0 Å². The maximum atomic E-state index is 11.7. The molecule has 1 amide bonds. The summed E-state index contributed by atoms with van der Waals surface area (Å²) >= 11 is 2.84. The van der Waals surface area contributed by atoms with Gasteiger partial charge in [0.1, 0.15) is 0 Å². The van der Waals surface area contributed by atoms with Crippen LogP contribution in [0.15, 0.2) is 58.9 Å². The number of rotatable bonds is 6. The van der Waals surface area contributed by atoms with Crippen LogP contribution in [0.4, 0.5) is 5.69 Å². The van der Waals surface area contributed by atoms with Crippen LogP contribution in [-0.2, 0) is 14.3 Å². The van der Waals surface area contributed by atoms with E-state index in [0.29, 0.717) is 5.69 Å². The Bertz CT molecular complexity index is 816. The molecule has 0 saturated heterocycles. The van der Waals surface area contributed by atoms with Gasteiger partial charge in [-0.25, -0.2) is 4.98 Å². The Balaban J connectivity index is 1.43.